The van der Waals surface area contributed by atoms with E-state index in [4.69, 9.17) is 5.84 Å². The first kappa shape index (κ1) is 14.7. The predicted molar refractivity (Wildman–Crippen MR) is 82.4 cm³/mol. The van der Waals surface area contributed by atoms with E-state index in [1.54, 1.807) is 0 Å². The average Bonchev–Trinajstić information content (AvgIpc) is 3.24. The number of aromatic nitrogens is 3. The third kappa shape index (κ3) is 3.70. The molecule has 0 saturated heterocycles. The van der Waals surface area contributed by atoms with E-state index in [2.05, 4.69) is 22.4 Å². The number of nitrogens with one attached hydrogen (secondary N) is 1. The summed E-state index contributed by atoms with van der Waals surface area (Å²) in [4.78, 5) is 12.0. The summed E-state index contributed by atoms with van der Waals surface area (Å²) in [7, 11) is 0. The number of carbonyl (C=O) groups excluding carboxylic acids is 1. The minimum atomic E-state index is 0.0653. The Morgan fingerprint density at radius 2 is 2.00 bits per heavy atom. The van der Waals surface area contributed by atoms with Crippen molar-refractivity contribution in [2.75, 3.05) is 11.6 Å². The van der Waals surface area contributed by atoms with Crippen molar-refractivity contribution in [1.29, 1.82) is 0 Å². The van der Waals surface area contributed by atoms with Gasteiger partial charge in [0.05, 0.1) is 5.75 Å². The van der Waals surface area contributed by atoms with Gasteiger partial charge in [-0.25, -0.2) is 4.68 Å². The number of amides is 1. The molecule has 21 heavy (non-hydrogen) atoms. The monoisotopic (exact) mass is 309 g/mol. The maximum atomic E-state index is 12.0. The molecule has 1 aromatic heterocycles. The summed E-state index contributed by atoms with van der Waals surface area (Å²) in [5, 5.41) is 11.9. The summed E-state index contributed by atoms with van der Waals surface area (Å²) < 4.78 is 1.54. The van der Waals surface area contributed by atoms with Gasteiger partial charge in [0.15, 0.2) is 5.82 Å². The summed E-state index contributed by atoms with van der Waals surface area (Å²) in [6.45, 7) is 2.28. The lowest BCUT2D eigenvalue weighted by molar-refractivity contribution is -0.119. The van der Waals surface area contributed by atoms with E-state index in [9.17, 15) is 4.79 Å². The van der Waals surface area contributed by atoms with Gasteiger partial charge in [-0.1, -0.05) is 18.7 Å². The van der Waals surface area contributed by atoms with Crippen LogP contribution in [-0.2, 0) is 4.79 Å². The molecular formula is C14H23N5OS. The average molecular weight is 309 g/mol. The molecule has 6 nitrogen and oxygen atoms in total. The summed E-state index contributed by atoms with van der Waals surface area (Å²) in [5.74, 6) is 8.50. The van der Waals surface area contributed by atoms with Gasteiger partial charge in [0.25, 0.3) is 0 Å². The Morgan fingerprint density at radius 1 is 1.29 bits per heavy atom. The fourth-order valence-electron chi connectivity index (χ4n) is 2.81. The number of nitrogen functional groups attached to an aromatic ring is 1. The third-order valence-corrected chi connectivity index (χ3v) is 5.29. The maximum absolute atomic E-state index is 12.0. The lowest BCUT2D eigenvalue weighted by atomic mass is 9.87. The Morgan fingerprint density at radius 3 is 2.67 bits per heavy atom. The van der Waals surface area contributed by atoms with Crippen molar-refractivity contribution in [3.8, 4) is 0 Å². The molecule has 116 valence electrons. The van der Waals surface area contributed by atoms with Crippen molar-refractivity contribution in [2.45, 2.75) is 62.6 Å². The Kier molecular flexibility index (Phi) is 4.37. The van der Waals surface area contributed by atoms with Gasteiger partial charge in [-0.3, -0.25) is 4.79 Å². The van der Waals surface area contributed by atoms with Crippen molar-refractivity contribution < 1.29 is 4.79 Å². The van der Waals surface area contributed by atoms with Crippen molar-refractivity contribution >= 4 is 17.7 Å². The van der Waals surface area contributed by atoms with Gasteiger partial charge in [0.2, 0.25) is 11.1 Å². The van der Waals surface area contributed by atoms with E-state index >= 15 is 0 Å². The van der Waals surface area contributed by atoms with E-state index in [0.29, 0.717) is 22.9 Å². The largest absolute Gasteiger partial charge is 0.353 e. The quantitative estimate of drug-likeness (QED) is 0.638. The third-order valence-electron chi connectivity index (χ3n) is 4.35. The normalized spacial score (nSPS) is 25.8. The van der Waals surface area contributed by atoms with Gasteiger partial charge in [0, 0.05) is 12.0 Å². The smallest absolute Gasteiger partial charge is 0.230 e. The van der Waals surface area contributed by atoms with Crippen molar-refractivity contribution in [2.24, 2.45) is 5.92 Å². The molecule has 0 atom stereocenters. The van der Waals surface area contributed by atoms with E-state index in [0.717, 1.165) is 37.4 Å². The van der Waals surface area contributed by atoms with Crippen LogP contribution < -0.4 is 11.2 Å². The fourth-order valence-corrected chi connectivity index (χ4v) is 3.49. The number of hydrogen-bond donors (Lipinski definition) is 2. The number of rotatable bonds is 5. The van der Waals surface area contributed by atoms with Crippen molar-refractivity contribution in [1.82, 2.24) is 20.2 Å². The molecule has 2 aliphatic carbocycles. The predicted octanol–water partition coefficient (Wildman–Crippen LogP) is 1.66. The number of nitrogens with zero attached hydrogens (tertiary/aromatic N) is 3. The molecule has 1 heterocycles. The highest BCUT2D eigenvalue weighted by Crippen LogP contribution is 2.39. The van der Waals surface area contributed by atoms with Gasteiger partial charge < -0.3 is 11.2 Å². The fraction of sp³-hybridized carbons (Fsp3) is 0.786. The van der Waals surface area contributed by atoms with Crippen molar-refractivity contribution in [3.63, 3.8) is 0 Å². The van der Waals surface area contributed by atoms with E-state index in [-0.39, 0.29) is 5.91 Å². The number of thioether (sulfide) groups is 1. The zero-order valence-corrected chi connectivity index (χ0v) is 13.2. The van der Waals surface area contributed by atoms with E-state index < -0.39 is 0 Å². The summed E-state index contributed by atoms with van der Waals surface area (Å²) in [6.07, 6.45) is 6.88. The molecule has 0 radical (unpaired) electrons. The lowest BCUT2D eigenvalue weighted by Gasteiger charge is -2.26. The first-order chi connectivity index (χ1) is 10.1. The number of carbonyl (C=O) groups is 1. The van der Waals surface area contributed by atoms with Gasteiger partial charge in [-0.05, 0) is 44.4 Å². The van der Waals surface area contributed by atoms with E-state index in [1.165, 1.54) is 29.3 Å². The molecule has 0 unspecified atom stereocenters. The second-order valence-electron chi connectivity index (χ2n) is 6.30. The lowest BCUT2D eigenvalue weighted by Crippen LogP contribution is -2.38. The van der Waals surface area contributed by atoms with Gasteiger partial charge in [-0.2, -0.15) is 0 Å². The Bertz CT molecular complexity index is 505. The highest BCUT2D eigenvalue weighted by Gasteiger charge is 2.30. The van der Waals surface area contributed by atoms with Gasteiger partial charge in [0.1, 0.15) is 0 Å². The zero-order valence-electron chi connectivity index (χ0n) is 12.4. The standard InChI is InChI=1S/C14H23N5OS/c1-9-2-6-11(7-3-9)16-12(20)8-21-14-18-17-13(19(14)15)10-4-5-10/h9-11H,2-8,15H2,1H3,(H,16,20). The second-order valence-corrected chi connectivity index (χ2v) is 7.24. The maximum Gasteiger partial charge on any atom is 0.230 e. The summed E-state index contributed by atoms with van der Waals surface area (Å²) in [6, 6.07) is 0.340. The molecule has 3 N–H and O–H groups in total. The molecular weight excluding hydrogens is 286 g/mol. The topological polar surface area (TPSA) is 85.8 Å². The SMILES string of the molecule is CC1CCC(NC(=O)CSc2nnc(C3CC3)n2N)CC1. The molecule has 1 aromatic rings. The number of nitrogens with two attached hydrogens (primary N) is 1. The van der Waals surface area contributed by atoms with Crippen LogP contribution in [0.2, 0.25) is 0 Å². The molecule has 0 spiro atoms. The Hall–Kier alpha value is -1.24. The van der Waals surface area contributed by atoms with Crippen LogP contribution >= 0.6 is 11.8 Å². The summed E-state index contributed by atoms with van der Waals surface area (Å²) in [5.41, 5.74) is 0. The van der Waals surface area contributed by atoms with Crippen LogP contribution in [0, 0.1) is 5.92 Å². The van der Waals surface area contributed by atoms with Crippen LogP contribution in [0.4, 0.5) is 0 Å². The Labute approximate surface area is 129 Å². The van der Waals surface area contributed by atoms with Crippen LogP contribution in [-0.4, -0.2) is 32.6 Å². The molecule has 0 bridgehead atoms. The molecule has 7 heteroatoms. The molecule has 0 aliphatic heterocycles. The molecule has 2 saturated carbocycles. The minimum absolute atomic E-state index is 0.0653. The Balaban J connectivity index is 1.45. The van der Waals surface area contributed by atoms with Crippen LogP contribution in [0.3, 0.4) is 0 Å². The highest BCUT2D eigenvalue weighted by molar-refractivity contribution is 7.99. The highest BCUT2D eigenvalue weighted by atomic mass is 32.2. The first-order valence-corrected chi connectivity index (χ1v) is 8.74. The number of hydrogen-bond acceptors (Lipinski definition) is 5. The van der Waals surface area contributed by atoms with Crippen LogP contribution in [0.25, 0.3) is 0 Å². The first-order valence-electron chi connectivity index (χ1n) is 7.76. The van der Waals surface area contributed by atoms with Gasteiger partial charge >= 0.3 is 0 Å². The zero-order chi connectivity index (χ0) is 14.8. The second kappa shape index (κ2) is 6.25. The molecule has 0 aromatic carbocycles. The van der Waals surface area contributed by atoms with Crippen LogP contribution in [0.15, 0.2) is 5.16 Å². The van der Waals surface area contributed by atoms with E-state index in [1.807, 2.05) is 0 Å². The molecule has 2 fully saturated rings. The molecule has 2 aliphatic rings. The van der Waals surface area contributed by atoms with Crippen LogP contribution in [0.5, 0.6) is 0 Å². The summed E-state index contributed by atoms with van der Waals surface area (Å²) >= 11 is 1.36. The minimum Gasteiger partial charge on any atom is -0.353 e. The van der Waals surface area contributed by atoms with Gasteiger partial charge in [-0.15, -0.1) is 10.2 Å². The molecule has 1 amide bonds. The molecule has 3 rings (SSSR count). The van der Waals surface area contributed by atoms with Crippen LogP contribution in [0.1, 0.15) is 57.2 Å². The van der Waals surface area contributed by atoms with Crippen molar-refractivity contribution in [3.05, 3.63) is 5.82 Å².